The third-order valence-electron chi connectivity index (χ3n) is 2.17. The number of ether oxygens (including phenoxy) is 1. The van der Waals surface area contributed by atoms with Crippen molar-refractivity contribution in [3.63, 3.8) is 0 Å². The van der Waals surface area contributed by atoms with E-state index in [2.05, 4.69) is 11.9 Å². The van der Waals surface area contributed by atoms with Crippen LogP contribution in [0.4, 0.5) is 0 Å². The average Bonchev–Trinajstić information content (AvgIpc) is 2.25. The second-order valence-corrected chi connectivity index (χ2v) is 3.24. The summed E-state index contributed by atoms with van der Waals surface area (Å²) in [5.74, 6) is 0.213. The summed E-state index contributed by atoms with van der Waals surface area (Å²) in [4.78, 5) is 13.4. The Morgan fingerprint density at radius 1 is 1.50 bits per heavy atom. The van der Waals surface area contributed by atoms with E-state index in [1.807, 2.05) is 4.90 Å². The maximum Gasteiger partial charge on any atom is 0.224 e. The highest BCUT2D eigenvalue weighted by molar-refractivity contribution is 5.76. The maximum absolute atomic E-state index is 11.6. The van der Waals surface area contributed by atoms with Crippen LogP contribution in [0.1, 0.15) is 6.42 Å². The van der Waals surface area contributed by atoms with Crippen molar-refractivity contribution in [1.82, 2.24) is 10.2 Å². The SMILES string of the molecule is C=CCNCCC(=O)N1CCOCC1. The molecule has 0 aromatic rings. The first-order valence-corrected chi connectivity index (χ1v) is 5.01. The summed E-state index contributed by atoms with van der Waals surface area (Å²) in [7, 11) is 0. The van der Waals surface area contributed by atoms with Crippen LogP contribution in [0.5, 0.6) is 0 Å². The Labute approximate surface area is 84.9 Å². The number of amides is 1. The number of rotatable bonds is 5. The summed E-state index contributed by atoms with van der Waals surface area (Å²) < 4.78 is 5.17. The Kier molecular flexibility index (Phi) is 5.25. The fraction of sp³-hybridized carbons (Fsp3) is 0.700. The number of nitrogens with zero attached hydrogens (tertiary/aromatic N) is 1. The predicted molar refractivity (Wildman–Crippen MR) is 55.1 cm³/mol. The Morgan fingerprint density at radius 2 is 2.21 bits per heavy atom. The lowest BCUT2D eigenvalue weighted by Gasteiger charge is -2.26. The lowest BCUT2D eigenvalue weighted by molar-refractivity contribution is -0.135. The van der Waals surface area contributed by atoms with Gasteiger partial charge in [-0.1, -0.05) is 6.08 Å². The molecule has 4 nitrogen and oxygen atoms in total. The molecule has 0 atom stereocenters. The van der Waals surface area contributed by atoms with E-state index in [1.165, 1.54) is 0 Å². The highest BCUT2D eigenvalue weighted by Gasteiger charge is 2.15. The van der Waals surface area contributed by atoms with E-state index >= 15 is 0 Å². The molecule has 1 N–H and O–H groups in total. The van der Waals surface area contributed by atoms with E-state index in [9.17, 15) is 4.79 Å². The minimum atomic E-state index is 0.213. The van der Waals surface area contributed by atoms with Crippen molar-refractivity contribution in [2.45, 2.75) is 6.42 Å². The van der Waals surface area contributed by atoms with Crippen LogP contribution in [-0.4, -0.2) is 50.2 Å². The number of carbonyl (C=O) groups is 1. The third-order valence-corrected chi connectivity index (χ3v) is 2.17. The predicted octanol–water partition coefficient (Wildman–Crippen LogP) is 0.0109. The van der Waals surface area contributed by atoms with Gasteiger partial charge < -0.3 is 15.0 Å². The van der Waals surface area contributed by atoms with Gasteiger partial charge in [0.2, 0.25) is 5.91 Å². The van der Waals surface area contributed by atoms with Gasteiger partial charge in [0.25, 0.3) is 0 Å². The zero-order chi connectivity index (χ0) is 10.2. The minimum absolute atomic E-state index is 0.213. The summed E-state index contributed by atoms with van der Waals surface area (Å²) in [6, 6.07) is 0. The largest absolute Gasteiger partial charge is 0.378 e. The van der Waals surface area contributed by atoms with Gasteiger partial charge >= 0.3 is 0 Å². The van der Waals surface area contributed by atoms with E-state index in [-0.39, 0.29) is 5.91 Å². The molecule has 1 aliphatic rings. The molecule has 0 spiro atoms. The molecule has 1 saturated heterocycles. The molecular weight excluding hydrogens is 180 g/mol. The van der Waals surface area contributed by atoms with Gasteiger partial charge in [-0.25, -0.2) is 0 Å². The van der Waals surface area contributed by atoms with Crippen molar-refractivity contribution in [3.05, 3.63) is 12.7 Å². The smallest absolute Gasteiger partial charge is 0.224 e. The van der Waals surface area contributed by atoms with Gasteiger partial charge in [0.1, 0.15) is 0 Å². The number of carbonyl (C=O) groups excluding carboxylic acids is 1. The van der Waals surface area contributed by atoms with Crippen molar-refractivity contribution >= 4 is 5.91 Å². The van der Waals surface area contributed by atoms with Gasteiger partial charge in [0.15, 0.2) is 0 Å². The normalized spacial score (nSPS) is 16.7. The lowest BCUT2D eigenvalue weighted by atomic mass is 10.3. The zero-order valence-corrected chi connectivity index (χ0v) is 8.50. The van der Waals surface area contributed by atoms with Gasteiger partial charge in [-0.15, -0.1) is 6.58 Å². The van der Waals surface area contributed by atoms with Crippen LogP contribution in [0, 0.1) is 0 Å². The number of morpholine rings is 1. The van der Waals surface area contributed by atoms with Gasteiger partial charge in [-0.05, 0) is 0 Å². The number of hydrogen-bond donors (Lipinski definition) is 1. The molecule has 80 valence electrons. The fourth-order valence-corrected chi connectivity index (χ4v) is 1.37. The molecule has 0 aromatic heterocycles. The first-order chi connectivity index (χ1) is 6.84. The summed E-state index contributed by atoms with van der Waals surface area (Å²) in [6.45, 7) is 7.90. The first kappa shape index (κ1) is 11.2. The van der Waals surface area contributed by atoms with Crippen LogP contribution in [0.2, 0.25) is 0 Å². The molecule has 0 aromatic carbocycles. The second-order valence-electron chi connectivity index (χ2n) is 3.24. The van der Waals surface area contributed by atoms with Gasteiger partial charge in [-0.3, -0.25) is 4.79 Å². The van der Waals surface area contributed by atoms with Crippen LogP contribution in [0.3, 0.4) is 0 Å². The Morgan fingerprint density at radius 3 is 2.86 bits per heavy atom. The quantitative estimate of drug-likeness (QED) is 0.500. The molecule has 14 heavy (non-hydrogen) atoms. The third kappa shape index (κ3) is 3.89. The van der Waals surface area contributed by atoms with Crippen molar-refractivity contribution in [3.8, 4) is 0 Å². The van der Waals surface area contributed by atoms with Crippen molar-refractivity contribution in [1.29, 1.82) is 0 Å². The molecule has 0 aliphatic carbocycles. The average molecular weight is 198 g/mol. The molecule has 0 saturated carbocycles. The van der Waals surface area contributed by atoms with Crippen LogP contribution in [0.25, 0.3) is 0 Å². The van der Waals surface area contributed by atoms with E-state index in [1.54, 1.807) is 6.08 Å². The number of hydrogen-bond acceptors (Lipinski definition) is 3. The molecule has 1 rings (SSSR count). The van der Waals surface area contributed by atoms with E-state index in [0.29, 0.717) is 19.6 Å². The van der Waals surface area contributed by atoms with E-state index in [4.69, 9.17) is 4.74 Å². The Balaban J connectivity index is 2.10. The molecule has 0 unspecified atom stereocenters. The highest BCUT2D eigenvalue weighted by atomic mass is 16.5. The zero-order valence-electron chi connectivity index (χ0n) is 8.50. The molecule has 1 aliphatic heterocycles. The monoisotopic (exact) mass is 198 g/mol. The van der Waals surface area contributed by atoms with Gasteiger partial charge in [-0.2, -0.15) is 0 Å². The molecular formula is C10H18N2O2. The topological polar surface area (TPSA) is 41.6 Å². The molecule has 0 radical (unpaired) electrons. The lowest BCUT2D eigenvalue weighted by Crippen LogP contribution is -2.41. The van der Waals surface area contributed by atoms with Crippen LogP contribution >= 0.6 is 0 Å². The van der Waals surface area contributed by atoms with Crippen molar-refractivity contribution in [2.24, 2.45) is 0 Å². The summed E-state index contributed by atoms with van der Waals surface area (Å²) in [5, 5.41) is 3.11. The maximum atomic E-state index is 11.6. The molecule has 0 bridgehead atoms. The van der Waals surface area contributed by atoms with Crippen molar-refractivity contribution < 1.29 is 9.53 Å². The summed E-state index contributed by atoms with van der Waals surface area (Å²) in [5.41, 5.74) is 0. The fourth-order valence-electron chi connectivity index (χ4n) is 1.37. The number of nitrogens with one attached hydrogen (secondary N) is 1. The Hall–Kier alpha value is -0.870. The van der Waals surface area contributed by atoms with Crippen LogP contribution in [-0.2, 0) is 9.53 Å². The van der Waals surface area contributed by atoms with E-state index < -0.39 is 0 Å². The second kappa shape index (κ2) is 6.56. The Bertz CT molecular complexity index is 189. The summed E-state index contributed by atoms with van der Waals surface area (Å²) in [6.07, 6.45) is 2.35. The molecule has 1 amide bonds. The van der Waals surface area contributed by atoms with Crippen molar-refractivity contribution in [2.75, 3.05) is 39.4 Å². The van der Waals surface area contributed by atoms with Crippen LogP contribution < -0.4 is 5.32 Å². The molecule has 1 heterocycles. The van der Waals surface area contributed by atoms with E-state index in [0.717, 1.165) is 26.2 Å². The highest BCUT2D eigenvalue weighted by Crippen LogP contribution is 1.99. The summed E-state index contributed by atoms with van der Waals surface area (Å²) >= 11 is 0. The molecule has 4 heteroatoms. The first-order valence-electron chi connectivity index (χ1n) is 5.01. The van der Waals surface area contributed by atoms with Crippen LogP contribution in [0.15, 0.2) is 12.7 Å². The van der Waals surface area contributed by atoms with Gasteiger partial charge in [0.05, 0.1) is 13.2 Å². The molecule has 1 fully saturated rings. The standard InChI is InChI=1S/C10H18N2O2/c1-2-4-11-5-3-10(13)12-6-8-14-9-7-12/h2,11H,1,3-9H2. The minimum Gasteiger partial charge on any atom is -0.378 e. The van der Waals surface area contributed by atoms with Gasteiger partial charge in [0, 0.05) is 32.6 Å².